The van der Waals surface area contributed by atoms with Crippen molar-refractivity contribution >= 4 is 5.78 Å². The topological polar surface area (TPSA) is 17.1 Å². The van der Waals surface area contributed by atoms with Crippen molar-refractivity contribution in [3.8, 4) is 0 Å². The maximum atomic E-state index is 11.9. The Kier molecular flexibility index (Phi) is 2.43. The summed E-state index contributed by atoms with van der Waals surface area (Å²) in [6.45, 7) is 3.85. The van der Waals surface area contributed by atoms with E-state index in [4.69, 9.17) is 0 Å². The minimum Gasteiger partial charge on any atom is -0.300 e. The molecular weight excluding hydrogens is 208 g/mol. The normalized spacial score (nSPS) is 34.2. The van der Waals surface area contributed by atoms with E-state index in [0.29, 0.717) is 23.5 Å². The highest BCUT2D eigenvalue weighted by atomic mass is 16.1. The number of aryl methyl sites for hydroxylation is 1. The van der Waals surface area contributed by atoms with Crippen LogP contribution in [0.3, 0.4) is 0 Å². The Labute approximate surface area is 103 Å². The lowest BCUT2D eigenvalue weighted by Crippen LogP contribution is -2.24. The van der Waals surface area contributed by atoms with Gasteiger partial charge in [-0.3, -0.25) is 4.79 Å². The van der Waals surface area contributed by atoms with Gasteiger partial charge in [0, 0.05) is 11.8 Å². The van der Waals surface area contributed by atoms with Crippen molar-refractivity contribution in [2.45, 2.75) is 26.2 Å². The van der Waals surface area contributed by atoms with Gasteiger partial charge in [0.05, 0.1) is 0 Å². The van der Waals surface area contributed by atoms with E-state index >= 15 is 0 Å². The van der Waals surface area contributed by atoms with Crippen molar-refractivity contribution < 1.29 is 4.79 Å². The lowest BCUT2D eigenvalue weighted by atomic mass is 9.76. The maximum absolute atomic E-state index is 11.9. The van der Waals surface area contributed by atoms with Crippen molar-refractivity contribution in [1.82, 2.24) is 0 Å². The van der Waals surface area contributed by atoms with Gasteiger partial charge in [-0.25, -0.2) is 0 Å². The summed E-state index contributed by atoms with van der Waals surface area (Å²) in [6.07, 6.45) is 5.73. The maximum Gasteiger partial charge on any atom is 0.134 e. The van der Waals surface area contributed by atoms with E-state index in [2.05, 4.69) is 43.3 Å². The van der Waals surface area contributed by atoms with Gasteiger partial charge in [-0.1, -0.05) is 42.0 Å². The van der Waals surface area contributed by atoms with Crippen LogP contribution < -0.4 is 0 Å². The Bertz CT molecular complexity index is 469. The van der Waals surface area contributed by atoms with Crippen LogP contribution in [-0.2, 0) is 4.79 Å². The van der Waals surface area contributed by atoms with Crippen molar-refractivity contribution in [2.24, 2.45) is 17.8 Å². The van der Waals surface area contributed by atoms with Crippen LogP contribution in [-0.4, -0.2) is 5.78 Å². The van der Waals surface area contributed by atoms with Crippen LogP contribution >= 0.6 is 0 Å². The molecule has 0 unspecified atom stereocenters. The number of ketones is 1. The van der Waals surface area contributed by atoms with E-state index in [0.717, 1.165) is 0 Å². The summed E-state index contributed by atoms with van der Waals surface area (Å²) in [5, 5.41) is 0. The fraction of sp³-hybridized carbons (Fsp3) is 0.438. The second-order valence-corrected chi connectivity index (χ2v) is 5.52. The molecule has 0 spiro atoms. The lowest BCUT2D eigenvalue weighted by Gasteiger charge is -2.26. The van der Waals surface area contributed by atoms with E-state index in [1.807, 2.05) is 0 Å². The molecule has 0 amide bonds. The van der Waals surface area contributed by atoms with Crippen LogP contribution in [0.15, 0.2) is 36.4 Å². The fourth-order valence-electron chi connectivity index (χ4n) is 3.62. The zero-order valence-electron chi connectivity index (χ0n) is 10.4. The van der Waals surface area contributed by atoms with Gasteiger partial charge < -0.3 is 0 Å². The van der Waals surface area contributed by atoms with Crippen LogP contribution in [0.25, 0.3) is 0 Å². The predicted octanol–water partition coefficient (Wildman–Crippen LogP) is 3.49. The number of benzene rings is 1. The summed E-state index contributed by atoms with van der Waals surface area (Å²) < 4.78 is 0. The molecule has 88 valence electrons. The van der Waals surface area contributed by atoms with Crippen LogP contribution in [0.2, 0.25) is 0 Å². The third kappa shape index (κ3) is 1.65. The first-order valence-electron chi connectivity index (χ1n) is 6.42. The number of hydrogen-bond acceptors (Lipinski definition) is 1. The molecule has 0 N–H and O–H groups in total. The predicted molar refractivity (Wildman–Crippen MR) is 68.8 cm³/mol. The zero-order valence-corrected chi connectivity index (χ0v) is 10.4. The molecule has 1 fully saturated rings. The summed E-state index contributed by atoms with van der Waals surface area (Å²) >= 11 is 0. The molecule has 4 atom stereocenters. The largest absolute Gasteiger partial charge is 0.300 e. The molecule has 1 aromatic rings. The van der Waals surface area contributed by atoms with E-state index < -0.39 is 0 Å². The highest BCUT2D eigenvalue weighted by Gasteiger charge is 2.47. The molecule has 2 aliphatic carbocycles. The Hall–Kier alpha value is -1.37. The number of Topliss-reactive ketones (excluding diaryl/α,β-unsaturated/α-hetero) is 1. The summed E-state index contributed by atoms with van der Waals surface area (Å²) in [5.74, 6) is 2.06. The SMILES string of the molecule is CC(=O)[C@H]1[C@H](c2ccc(C)cc2)[C@H]2C=C[C@@H]1C2. The average molecular weight is 226 g/mol. The Morgan fingerprint density at radius 3 is 2.41 bits per heavy atom. The van der Waals surface area contributed by atoms with Gasteiger partial charge in [0.2, 0.25) is 0 Å². The molecule has 2 aliphatic rings. The zero-order chi connectivity index (χ0) is 12.0. The number of allylic oxidation sites excluding steroid dienone is 2. The van der Waals surface area contributed by atoms with Crippen LogP contribution in [0, 0.1) is 24.7 Å². The molecule has 0 heterocycles. The van der Waals surface area contributed by atoms with Crippen LogP contribution in [0.1, 0.15) is 30.4 Å². The van der Waals surface area contributed by atoms with Crippen LogP contribution in [0.5, 0.6) is 0 Å². The molecule has 0 saturated heterocycles. The first kappa shape index (κ1) is 10.8. The van der Waals surface area contributed by atoms with Gasteiger partial charge in [0.25, 0.3) is 0 Å². The van der Waals surface area contributed by atoms with E-state index in [1.54, 1.807) is 6.92 Å². The molecule has 17 heavy (non-hydrogen) atoms. The highest BCUT2D eigenvalue weighted by Crippen LogP contribution is 2.53. The molecule has 1 nitrogen and oxygen atoms in total. The van der Waals surface area contributed by atoms with Gasteiger partial charge in [-0.15, -0.1) is 0 Å². The minimum absolute atomic E-state index is 0.215. The number of rotatable bonds is 2. The standard InChI is InChI=1S/C16H18O/c1-10-3-5-12(6-4-10)16-14-8-7-13(9-14)15(16)11(2)17/h3-8,13-16H,9H2,1-2H3/t13-,14+,15-,16-/m1/s1. The number of carbonyl (C=O) groups is 1. The first-order valence-corrected chi connectivity index (χ1v) is 6.42. The third-order valence-corrected chi connectivity index (χ3v) is 4.39. The quantitative estimate of drug-likeness (QED) is 0.705. The van der Waals surface area contributed by atoms with Gasteiger partial charge >= 0.3 is 0 Å². The van der Waals surface area contributed by atoms with E-state index in [9.17, 15) is 4.79 Å². The molecule has 2 bridgehead atoms. The van der Waals surface area contributed by atoms with Crippen molar-refractivity contribution in [1.29, 1.82) is 0 Å². The number of carbonyl (C=O) groups excluding carboxylic acids is 1. The summed E-state index contributed by atoms with van der Waals surface area (Å²) in [6, 6.07) is 8.71. The summed E-state index contributed by atoms with van der Waals surface area (Å²) in [4.78, 5) is 11.9. The fourth-order valence-corrected chi connectivity index (χ4v) is 3.62. The molecule has 0 aliphatic heterocycles. The first-order chi connectivity index (χ1) is 8.16. The molecule has 3 rings (SSSR count). The number of hydrogen-bond donors (Lipinski definition) is 0. The molecular formula is C16H18O. The minimum atomic E-state index is 0.215. The van der Waals surface area contributed by atoms with Gasteiger partial charge in [-0.05, 0) is 37.7 Å². The monoisotopic (exact) mass is 226 g/mol. The Balaban J connectivity index is 1.99. The molecule has 1 saturated carbocycles. The Morgan fingerprint density at radius 1 is 1.12 bits per heavy atom. The van der Waals surface area contributed by atoms with Crippen LogP contribution in [0.4, 0.5) is 0 Å². The van der Waals surface area contributed by atoms with Gasteiger partial charge in [-0.2, -0.15) is 0 Å². The van der Waals surface area contributed by atoms with Crippen molar-refractivity contribution in [2.75, 3.05) is 0 Å². The third-order valence-electron chi connectivity index (χ3n) is 4.39. The molecule has 1 aromatic carbocycles. The average Bonchev–Trinajstić information content (AvgIpc) is 2.89. The second-order valence-electron chi connectivity index (χ2n) is 5.52. The molecule has 1 heteroatoms. The van der Waals surface area contributed by atoms with Crippen molar-refractivity contribution in [3.05, 3.63) is 47.5 Å². The highest BCUT2D eigenvalue weighted by molar-refractivity contribution is 5.81. The molecule has 0 radical (unpaired) electrons. The second kappa shape index (κ2) is 3.83. The summed E-state index contributed by atoms with van der Waals surface area (Å²) in [5.41, 5.74) is 2.62. The van der Waals surface area contributed by atoms with Gasteiger partial charge in [0.1, 0.15) is 5.78 Å². The smallest absolute Gasteiger partial charge is 0.134 e. The Morgan fingerprint density at radius 2 is 1.76 bits per heavy atom. The van der Waals surface area contributed by atoms with Crippen molar-refractivity contribution in [3.63, 3.8) is 0 Å². The van der Waals surface area contributed by atoms with Gasteiger partial charge in [0.15, 0.2) is 0 Å². The van der Waals surface area contributed by atoms with E-state index in [1.165, 1.54) is 17.5 Å². The summed E-state index contributed by atoms with van der Waals surface area (Å²) in [7, 11) is 0. The lowest BCUT2D eigenvalue weighted by molar-refractivity contribution is -0.121. The van der Waals surface area contributed by atoms with E-state index in [-0.39, 0.29) is 5.92 Å². The molecule has 0 aromatic heterocycles. The number of fused-ring (bicyclic) bond motifs is 2.